The Labute approximate surface area is 135 Å². The minimum absolute atomic E-state index is 0.00842. The molecule has 1 aromatic heterocycles. The first-order valence-electron chi connectivity index (χ1n) is 7.88. The molecule has 1 aliphatic rings. The summed E-state index contributed by atoms with van der Waals surface area (Å²) >= 11 is 1.68. The van der Waals surface area contributed by atoms with Gasteiger partial charge in [-0.3, -0.25) is 4.57 Å². The molecular formula is C15H25N3O3S. The van der Waals surface area contributed by atoms with Gasteiger partial charge in [0.05, 0.1) is 6.61 Å². The van der Waals surface area contributed by atoms with E-state index in [9.17, 15) is 4.79 Å². The highest BCUT2D eigenvalue weighted by Crippen LogP contribution is 2.31. The maximum atomic E-state index is 12.2. The molecule has 2 atom stereocenters. The molecule has 1 saturated heterocycles. The average Bonchev–Trinajstić information content (AvgIpc) is 2.97. The first kappa shape index (κ1) is 17.3. The van der Waals surface area contributed by atoms with E-state index in [1.807, 2.05) is 19.9 Å². The summed E-state index contributed by atoms with van der Waals surface area (Å²) < 4.78 is 12.9. The van der Waals surface area contributed by atoms with Crippen molar-refractivity contribution in [2.24, 2.45) is 0 Å². The predicted molar refractivity (Wildman–Crippen MR) is 89.5 cm³/mol. The quantitative estimate of drug-likeness (QED) is 0.682. The van der Waals surface area contributed by atoms with Gasteiger partial charge in [0.25, 0.3) is 0 Å². The van der Waals surface area contributed by atoms with Gasteiger partial charge < -0.3 is 14.4 Å². The molecule has 2 rings (SSSR count). The number of hydrogen-bond acceptors (Lipinski definition) is 6. The number of hydrogen-bond donors (Lipinski definition) is 0. The summed E-state index contributed by atoms with van der Waals surface area (Å²) in [6, 6.07) is 1.88. The maximum absolute atomic E-state index is 12.2. The van der Waals surface area contributed by atoms with Crippen LogP contribution in [0.25, 0.3) is 0 Å². The number of anilines is 1. The van der Waals surface area contributed by atoms with Crippen molar-refractivity contribution < 1.29 is 9.47 Å². The molecule has 6 nitrogen and oxygen atoms in total. The standard InChI is InChI=1S/C15H25N3O3S/c1-4-9-20-10-14-21-13(11-22-14)18-8-7-12(16-15(18)19)17(5-2)6-3/h7-8,13-14H,4-6,9-11H2,1-3H3/t13-,14+/m1/s1. The fourth-order valence-corrected chi connectivity index (χ4v) is 3.36. The van der Waals surface area contributed by atoms with E-state index in [4.69, 9.17) is 9.47 Å². The third kappa shape index (κ3) is 4.24. The first-order valence-corrected chi connectivity index (χ1v) is 8.93. The molecule has 0 aromatic carbocycles. The molecule has 0 amide bonds. The molecule has 0 unspecified atom stereocenters. The zero-order chi connectivity index (χ0) is 15.9. The third-order valence-corrected chi connectivity index (χ3v) is 4.65. The van der Waals surface area contributed by atoms with E-state index < -0.39 is 0 Å². The normalized spacial score (nSPS) is 21.2. The molecule has 0 saturated carbocycles. The van der Waals surface area contributed by atoms with Crippen molar-refractivity contribution >= 4 is 17.6 Å². The van der Waals surface area contributed by atoms with Crippen molar-refractivity contribution in [3.05, 3.63) is 22.7 Å². The van der Waals surface area contributed by atoms with Gasteiger partial charge in [0.15, 0.2) is 0 Å². The van der Waals surface area contributed by atoms with Gasteiger partial charge in [-0.05, 0) is 26.3 Å². The minimum Gasteiger partial charge on any atom is -0.378 e. The number of thioether (sulfide) groups is 1. The summed E-state index contributed by atoms with van der Waals surface area (Å²) in [5.74, 6) is 1.46. The van der Waals surface area contributed by atoms with Crippen LogP contribution in [0.15, 0.2) is 17.1 Å². The van der Waals surface area contributed by atoms with E-state index in [0.717, 1.165) is 37.7 Å². The fourth-order valence-electron chi connectivity index (χ4n) is 2.35. The molecule has 22 heavy (non-hydrogen) atoms. The van der Waals surface area contributed by atoms with Crippen LogP contribution in [0.4, 0.5) is 5.82 Å². The van der Waals surface area contributed by atoms with Crippen molar-refractivity contribution in [3.63, 3.8) is 0 Å². The molecule has 1 aliphatic heterocycles. The van der Waals surface area contributed by atoms with Crippen LogP contribution in [0.2, 0.25) is 0 Å². The first-order chi connectivity index (χ1) is 10.7. The lowest BCUT2D eigenvalue weighted by atomic mass is 10.4. The predicted octanol–water partition coefficient (Wildman–Crippen LogP) is 2.10. The van der Waals surface area contributed by atoms with Gasteiger partial charge in [0, 0.05) is 31.6 Å². The van der Waals surface area contributed by atoms with E-state index in [-0.39, 0.29) is 17.4 Å². The molecular weight excluding hydrogens is 302 g/mol. The van der Waals surface area contributed by atoms with Crippen LogP contribution in [0, 0.1) is 0 Å². The molecule has 0 bridgehead atoms. The van der Waals surface area contributed by atoms with Crippen LogP contribution in [0.5, 0.6) is 0 Å². The summed E-state index contributed by atoms with van der Waals surface area (Å²) in [6.07, 6.45) is 2.52. The van der Waals surface area contributed by atoms with Crippen molar-refractivity contribution in [3.8, 4) is 0 Å². The maximum Gasteiger partial charge on any atom is 0.351 e. The van der Waals surface area contributed by atoms with Crippen LogP contribution in [0.3, 0.4) is 0 Å². The molecule has 2 heterocycles. The van der Waals surface area contributed by atoms with Crippen molar-refractivity contribution in [1.29, 1.82) is 0 Å². The Morgan fingerprint density at radius 3 is 2.86 bits per heavy atom. The lowest BCUT2D eigenvalue weighted by Crippen LogP contribution is -2.32. The van der Waals surface area contributed by atoms with Crippen LogP contribution >= 0.6 is 11.8 Å². The third-order valence-electron chi connectivity index (χ3n) is 3.55. The Balaban J connectivity index is 2.00. The second kappa shape index (κ2) is 8.55. The number of nitrogens with zero attached hydrogens (tertiary/aromatic N) is 3. The van der Waals surface area contributed by atoms with Crippen LogP contribution in [0.1, 0.15) is 33.4 Å². The highest BCUT2D eigenvalue weighted by Gasteiger charge is 2.28. The molecule has 1 aromatic rings. The second-order valence-corrected chi connectivity index (χ2v) is 6.27. The zero-order valence-corrected chi connectivity index (χ0v) is 14.3. The van der Waals surface area contributed by atoms with Gasteiger partial charge in [-0.25, -0.2) is 4.79 Å². The monoisotopic (exact) mass is 327 g/mol. The van der Waals surface area contributed by atoms with E-state index in [1.54, 1.807) is 22.5 Å². The summed E-state index contributed by atoms with van der Waals surface area (Å²) in [6.45, 7) is 9.15. The van der Waals surface area contributed by atoms with Crippen LogP contribution in [-0.2, 0) is 9.47 Å². The van der Waals surface area contributed by atoms with E-state index in [0.29, 0.717) is 6.61 Å². The van der Waals surface area contributed by atoms with E-state index >= 15 is 0 Å². The summed E-state index contributed by atoms with van der Waals surface area (Å²) in [4.78, 5) is 18.5. The minimum atomic E-state index is -0.259. The topological polar surface area (TPSA) is 56.6 Å². The Morgan fingerprint density at radius 2 is 2.23 bits per heavy atom. The Hall–Kier alpha value is -1.05. The Kier molecular flexibility index (Phi) is 6.72. The number of aromatic nitrogens is 2. The van der Waals surface area contributed by atoms with E-state index in [1.165, 1.54) is 0 Å². The molecule has 0 radical (unpaired) electrons. The fraction of sp³-hybridized carbons (Fsp3) is 0.733. The van der Waals surface area contributed by atoms with Gasteiger partial charge in [0.2, 0.25) is 0 Å². The van der Waals surface area contributed by atoms with E-state index in [2.05, 4.69) is 16.8 Å². The molecule has 0 N–H and O–H groups in total. The molecule has 0 spiro atoms. The van der Waals surface area contributed by atoms with Crippen molar-refractivity contribution in [1.82, 2.24) is 9.55 Å². The smallest absolute Gasteiger partial charge is 0.351 e. The Morgan fingerprint density at radius 1 is 1.45 bits per heavy atom. The molecule has 0 aliphatic carbocycles. The SMILES string of the molecule is CCCOC[C@H]1O[C@@H](n2ccc(N(CC)CC)nc2=O)CS1. The van der Waals surface area contributed by atoms with Gasteiger partial charge >= 0.3 is 5.69 Å². The summed E-state index contributed by atoms with van der Waals surface area (Å²) in [5.41, 5.74) is -0.268. The second-order valence-electron chi connectivity index (χ2n) is 5.08. The highest BCUT2D eigenvalue weighted by molar-refractivity contribution is 8.00. The molecule has 7 heteroatoms. The van der Waals surface area contributed by atoms with Gasteiger partial charge in [-0.2, -0.15) is 4.98 Å². The summed E-state index contributed by atoms with van der Waals surface area (Å²) in [5, 5.41) is 0. The van der Waals surface area contributed by atoms with Crippen molar-refractivity contribution in [2.45, 2.75) is 38.9 Å². The van der Waals surface area contributed by atoms with Crippen molar-refractivity contribution in [2.75, 3.05) is 37.0 Å². The lowest BCUT2D eigenvalue weighted by molar-refractivity contribution is -0.0245. The lowest BCUT2D eigenvalue weighted by Gasteiger charge is -2.20. The average molecular weight is 327 g/mol. The number of rotatable bonds is 8. The molecule has 124 valence electrons. The van der Waals surface area contributed by atoms with Gasteiger partial charge in [-0.15, -0.1) is 11.8 Å². The van der Waals surface area contributed by atoms with Crippen LogP contribution in [-0.4, -0.2) is 47.0 Å². The van der Waals surface area contributed by atoms with Gasteiger partial charge in [0.1, 0.15) is 17.5 Å². The summed E-state index contributed by atoms with van der Waals surface area (Å²) in [7, 11) is 0. The van der Waals surface area contributed by atoms with Gasteiger partial charge in [-0.1, -0.05) is 6.92 Å². The highest BCUT2D eigenvalue weighted by atomic mass is 32.2. The Bertz CT molecular complexity index is 519. The largest absolute Gasteiger partial charge is 0.378 e. The zero-order valence-electron chi connectivity index (χ0n) is 13.5. The molecule has 1 fully saturated rings. The van der Waals surface area contributed by atoms with Crippen LogP contribution < -0.4 is 10.6 Å². The number of ether oxygens (including phenoxy) is 2.